The average Bonchev–Trinajstić information content (AvgIpc) is 2.74. The molecule has 1 aliphatic heterocycles. The largest absolute Gasteiger partial charge is 0.496 e. The SMILES string of the molecule is COc1cc(C)c(CN(C(=O)C2CCCN(C(N)=O)C2)C2CCCCC2)cc1C. The zero-order valence-electron chi connectivity index (χ0n) is 18.1. The van der Waals surface area contributed by atoms with Crippen molar-refractivity contribution < 1.29 is 14.3 Å². The molecule has 0 radical (unpaired) electrons. The Hall–Kier alpha value is -2.24. The molecule has 1 atom stereocenters. The van der Waals surface area contributed by atoms with Crippen LogP contribution in [0.3, 0.4) is 0 Å². The number of nitrogens with zero attached hydrogens (tertiary/aromatic N) is 2. The van der Waals surface area contributed by atoms with E-state index >= 15 is 0 Å². The minimum Gasteiger partial charge on any atom is -0.496 e. The Balaban J connectivity index is 1.84. The van der Waals surface area contributed by atoms with Gasteiger partial charge in [-0.25, -0.2) is 4.79 Å². The maximum atomic E-state index is 13.6. The lowest BCUT2D eigenvalue weighted by molar-refractivity contribution is -0.140. The molecular weight excluding hydrogens is 366 g/mol. The summed E-state index contributed by atoms with van der Waals surface area (Å²) in [6.07, 6.45) is 7.38. The van der Waals surface area contributed by atoms with E-state index in [1.54, 1.807) is 12.0 Å². The van der Waals surface area contributed by atoms with Crippen molar-refractivity contribution in [2.45, 2.75) is 71.4 Å². The van der Waals surface area contributed by atoms with E-state index in [0.29, 0.717) is 19.6 Å². The predicted molar refractivity (Wildman–Crippen MR) is 114 cm³/mol. The van der Waals surface area contributed by atoms with E-state index in [-0.39, 0.29) is 17.9 Å². The molecule has 1 saturated carbocycles. The highest BCUT2D eigenvalue weighted by atomic mass is 16.5. The molecule has 6 nitrogen and oxygen atoms in total. The van der Waals surface area contributed by atoms with Crippen molar-refractivity contribution in [1.82, 2.24) is 9.80 Å². The van der Waals surface area contributed by atoms with Crippen molar-refractivity contribution >= 4 is 11.9 Å². The second kappa shape index (κ2) is 9.51. The molecule has 160 valence electrons. The fraction of sp³-hybridized carbons (Fsp3) is 0.652. The summed E-state index contributed by atoms with van der Waals surface area (Å²) in [6, 6.07) is 4.06. The van der Waals surface area contributed by atoms with Crippen molar-refractivity contribution in [3.05, 3.63) is 28.8 Å². The van der Waals surface area contributed by atoms with Crippen molar-refractivity contribution in [3.63, 3.8) is 0 Å². The van der Waals surface area contributed by atoms with Crippen molar-refractivity contribution in [3.8, 4) is 5.75 Å². The van der Waals surface area contributed by atoms with Crippen molar-refractivity contribution in [2.75, 3.05) is 20.2 Å². The quantitative estimate of drug-likeness (QED) is 0.816. The summed E-state index contributed by atoms with van der Waals surface area (Å²) < 4.78 is 5.45. The number of carbonyl (C=O) groups excluding carboxylic acids is 2. The number of aryl methyl sites for hydroxylation is 2. The Morgan fingerprint density at radius 2 is 1.83 bits per heavy atom. The lowest BCUT2D eigenvalue weighted by atomic mass is 9.90. The molecule has 1 aromatic rings. The number of hydrogen-bond donors (Lipinski definition) is 1. The summed E-state index contributed by atoms with van der Waals surface area (Å²) in [5.41, 5.74) is 8.88. The number of rotatable bonds is 5. The van der Waals surface area contributed by atoms with Crippen LogP contribution in [0.2, 0.25) is 0 Å². The van der Waals surface area contributed by atoms with Crippen LogP contribution < -0.4 is 10.5 Å². The molecule has 1 heterocycles. The maximum absolute atomic E-state index is 13.6. The monoisotopic (exact) mass is 401 g/mol. The van der Waals surface area contributed by atoms with E-state index in [4.69, 9.17) is 10.5 Å². The molecule has 3 rings (SSSR count). The van der Waals surface area contributed by atoms with Gasteiger partial charge in [0.25, 0.3) is 0 Å². The first-order valence-electron chi connectivity index (χ1n) is 10.9. The van der Waals surface area contributed by atoms with E-state index in [0.717, 1.165) is 42.6 Å². The summed E-state index contributed by atoms with van der Waals surface area (Å²) in [5, 5.41) is 0. The van der Waals surface area contributed by atoms with Crippen molar-refractivity contribution in [1.29, 1.82) is 0 Å². The fourth-order valence-electron chi connectivity index (χ4n) is 4.82. The number of primary amides is 1. The van der Waals surface area contributed by atoms with Crippen LogP contribution in [0.1, 0.15) is 61.6 Å². The van der Waals surface area contributed by atoms with E-state index < -0.39 is 6.03 Å². The molecule has 1 saturated heterocycles. The molecule has 0 aromatic heterocycles. The van der Waals surface area contributed by atoms with Gasteiger partial charge in [-0.2, -0.15) is 0 Å². The number of likely N-dealkylation sites (tertiary alicyclic amines) is 1. The standard InChI is InChI=1S/C23H35N3O3/c1-16-13-21(29-3)17(2)12-19(16)15-26(20-9-5-4-6-10-20)22(27)18-8-7-11-25(14-18)23(24)28/h12-13,18,20H,4-11,14-15H2,1-3H3,(H2,24,28). The lowest BCUT2D eigenvalue weighted by Gasteiger charge is -2.39. The van der Waals surface area contributed by atoms with E-state index in [1.807, 2.05) is 6.92 Å². The van der Waals surface area contributed by atoms with Crippen molar-refractivity contribution in [2.24, 2.45) is 11.7 Å². The number of methoxy groups -OCH3 is 1. The zero-order valence-corrected chi connectivity index (χ0v) is 18.1. The summed E-state index contributed by atoms with van der Waals surface area (Å²) >= 11 is 0. The molecule has 2 fully saturated rings. The first kappa shape index (κ1) is 21.5. The van der Waals surface area contributed by atoms with Gasteiger partial charge >= 0.3 is 6.03 Å². The molecule has 1 aliphatic carbocycles. The molecule has 2 N–H and O–H groups in total. The second-order valence-electron chi connectivity index (χ2n) is 8.63. The molecular formula is C23H35N3O3. The van der Waals surface area contributed by atoms with Gasteiger partial charge in [-0.1, -0.05) is 25.3 Å². The smallest absolute Gasteiger partial charge is 0.314 e. The third-order valence-corrected chi connectivity index (χ3v) is 6.57. The Morgan fingerprint density at radius 3 is 2.48 bits per heavy atom. The second-order valence-corrected chi connectivity index (χ2v) is 8.63. The van der Waals surface area contributed by atoms with Gasteiger partial charge in [-0.15, -0.1) is 0 Å². The third-order valence-electron chi connectivity index (χ3n) is 6.57. The Kier molecular flexibility index (Phi) is 7.04. The van der Waals surface area contributed by atoms with Gasteiger partial charge in [0.15, 0.2) is 0 Å². The van der Waals surface area contributed by atoms with Gasteiger partial charge < -0.3 is 20.3 Å². The van der Waals surface area contributed by atoms with E-state index in [2.05, 4.69) is 24.0 Å². The van der Waals surface area contributed by atoms with Crippen LogP contribution in [0.25, 0.3) is 0 Å². The number of piperidine rings is 1. The molecule has 1 aromatic carbocycles. The number of carbonyl (C=O) groups is 2. The molecule has 3 amide bonds. The number of urea groups is 1. The van der Waals surface area contributed by atoms with Crippen LogP contribution in [0.15, 0.2) is 12.1 Å². The zero-order chi connectivity index (χ0) is 21.0. The number of nitrogens with two attached hydrogens (primary N) is 1. The molecule has 6 heteroatoms. The Morgan fingerprint density at radius 1 is 1.10 bits per heavy atom. The highest BCUT2D eigenvalue weighted by Crippen LogP contribution is 2.30. The van der Waals surface area contributed by atoms with Gasteiger partial charge in [0.2, 0.25) is 5.91 Å². The van der Waals surface area contributed by atoms with Gasteiger partial charge in [-0.05, 0) is 62.3 Å². The minimum atomic E-state index is -0.423. The molecule has 29 heavy (non-hydrogen) atoms. The van der Waals surface area contributed by atoms with Gasteiger partial charge in [0.05, 0.1) is 13.0 Å². The lowest BCUT2D eigenvalue weighted by Crippen LogP contribution is -2.50. The molecule has 2 aliphatic rings. The summed E-state index contributed by atoms with van der Waals surface area (Å²) in [4.78, 5) is 29.0. The van der Waals surface area contributed by atoms with E-state index in [9.17, 15) is 9.59 Å². The van der Waals surface area contributed by atoms with Crippen LogP contribution in [0.4, 0.5) is 4.79 Å². The third kappa shape index (κ3) is 5.03. The predicted octanol–water partition coefficient (Wildman–Crippen LogP) is 3.76. The topological polar surface area (TPSA) is 75.9 Å². The first-order chi connectivity index (χ1) is 13.9. The molecule has 0 bridgehead atoms. The fourth-order valence-corrected chi connectivity index (χ4v) is 4.82. The van der Waals surface area contributed by atoms with Crippen LogP contribution >= 0.6 is 0 Å². The number of benzene rings is 1. The number of ether oxygens (including phenoxy) is 1. The molecule has 0 spiro atoms. The van der Waals surface area contributed by atoms with E-state index in [1.165, 1.54) is 24.8 Å². The number of amides is 3. The van der Waals surface area contributed by atoms with Crippen LogP contribution in [-0.4, -0.2) is 48.0 Å². The Bertz CT molecular complexity index is 743. The first-order valence-corrected chi connectivity index (χ1v) is 10.9. The summed E-state index contributed by atoms with van der Waals surface area (Å²) in [6.45, 7) is 5.83. The van der Waals surface area contributed by atoms with Crippen LogP contribution in [0, 0.1) is 19.8 Å². The normalized spacial score (nSPS) is 20.4. The van der Waals surface area contributed by atoms with Gasteiger partial charge in [0, 0.05) is 25.7 Å². The maximum Gasteiger partial charge on any atom is 0.314 e. The Labute approximate surface area is 174 Å². The highest BCUT2D eigenvalue weighted by Gasteiger charge is 2.34. The highest BCUT2D eigenvalue weighted by molar-refractivity contribution is 5.81. The average molecular weight is 402 g/mol. The number of hydrogen-bond acceptors (Lipinski definition) is 3. The molecule has 1 unspecified atom stereocenters. The summed E-state index contributed by atoms with van der Waals surface area (Å²) in [5.74, 6) is 0.903. The van der Waals surface area contributed by atoms with Crippen LogP contribution in [-0.2, 0) is 11.3 Å². The minimum absolute atomic E-state index is 0.155. The van der Waals surface area contributed by atoms with Gasteiger partial charge in [0.1, 0.15) is 5.75 Å². The van der Waals surface area contributed by atoms with Crippen LogP contribution in [0.5, 0.6) is 5.75 Å². The van der Waals surface area contributed by atoms with Gasteiger partial charge in [-0.3, -0.25) is 4.79 Å². The summed E-state index contributed by atoms with van der Waals surface area (Å²) in [7, 11) is 1.69.